The molecule has 1 aromatic carbocycles. The summed E-state index contributed by atoms with van der Waals surface area (Å²) in [4.78, 5) is 23.4. The fourth-order valence-electron chi connectivity index (χ4n) is 2.66. The number of nitrogens with one attached hydrogen (secondary N) is 1. The molecule has 24 heavy (non-hydrogen) atoms. The summed E-state index contributed by atoms with van der Waals surface area (Å²) < 4.78 is 15.5. The van der Waals surface area contributed by atoms with Crippen LogP contribution in [0.15, 0.2) is 24.3 Å². The second-order valence-electron chi connectivity index (χ2n) is 5.84. The highest BCUT2D eigenvalue weighted by atomic mass is 16.5. The fraction of sp³-hybridized carbons (Fsp3) is 0.556. The third kappa shape index (κ3) is 6.48. The Morgan fingerprint density at radius 1 is 1.08 bits per heavy atom. The first-order chi connectivity index (χ1) is 11.7. The van der Waals surface area contributed by atoms with Crippen LogP contribution >= 0.6 is 0 Å². The lowest BCUT2D eigenvalue weighted by Gasteiger charge is -2.22. The molecule has 1 N–H and O–H groups in total. The van der Waals surface area contributed by atoms with Crippen LogP contribution in [0.5, 0.6) is 11.5 Å². The Morgan fingerprint density at radius 2 is 1.75 bits per heavy atom. The summed E-state index contributed by atoms with van der Waals surface area (Å²) in [5, 5.41) is 2.91. The van der Waals surface area contributed by atoms with Crippen molar-refractivity contribution < 1.29 is 23.8 Å². The highest BCUT2D eigenvalue weighted by molar-refractivity contribution is 5.80. The molecule has 1 aromatic rings. The minimum absolute atomic E-state index is 0.0999. The van der Waals surface area contributed by atoms with Crippen molar-refractivity contribution in [1.82, 2.24) is 5.32 Å². The maximum atomic E-state index is 11.7. The number of carbonyl (C=O) groups excluding carboxylic acids is 2. The van der Waals surface area contributed by atoms with Gasteiger partial charge in [-0.15, -0.1) is 0 Å². The zero-order valence-electron chi connectivity index (χ0n) is 14.1. The molecule has 1 amide bonds. The lowest BCUT2D eigenvalue weighted by atomic mass is 9.95. The molecular weight excluding hydrogens is 310 g/mol. The predicted octanol–water partition coefficient (Wildman–Crippen LogP) is 2.46. The molecule has 0 unspecified atom stereocenters. The van der Waals surface area contributed by atoms with Gasteiger partial charge in [-0.05, 0) is 37.1 Å². The molecule has 132 valence electrons. The second kappa shape index (κ2) is 9.80. The Bertz CT molecular complexity index is 523. The van der Waals surface area contributed by atoms with E-state index in [1.807, 2.05) is 0 Å². The highest BCUT2D eigenvalue weighted by Crippen LogP contribution is 2.18. The maximum Gasteiger partial charge on any atom is 0.309 e. The standard InChI is InChI=1S/C18H25NO5/c1-22-15-7-9-16(10-8-15)23-12-11-18(21)24-13-17(20)19-14-5-3-2-4-6-14/h7-10,14H,2-6,11-13H2,1H3,(H,19,20). The first kappa shape index (κ1) is 18.1. The zero-order chi connectivity index (χ0) is 17.2. The second-order valence-corrected chi connectivity index (χ2v) is 5.84. The number of rotatable bonds is 8. The van der Waals surface area contributed by atoms with Gasteiger partial charge < -0.3 is 19.5 Å². The average Bonchev–Trinajstić information content (AvgIpc) is 2.61. The number of methoxy groups -OCH3 is 1. The number of hydrogen-bond acceptors (Lipinski definition) is 5. The number of amides is 1. The lowest BCUT2D eigenvalue weighted by Crippen LogP contribution is -2.38. The topological polar surface area (TPSA) is 73.9 Å². The van der Waals surface area contributed by atoms with Crippen LogP contribution in [0.25, 0.3) is 0 Å². The van der Waals surface area contributed by atoms with E-state index in [1.54, 1.807) is 31.4 Å². The molecule has 0 radical (unpaired) electrons. The smallest absolute Gasteiger partial charge is 0.309 e. The quantitative estimate of drug-likeness (QED) is 0.739. The Labute approximate surface area is 142 Å². The zero-order valence-corrected chi connectivity index (χ0v) is 14.1. The van der Waals surface area contributed by atoms with Gasteiger partial charge in [-0.1, -0.05) is 19.3 Å². The molecule has 0 spiro atoms. The van der Waals surface area contributed by atoms with Crippen LogP contribution < -0.4 is 14.8 Å². The van der Waals surface area contributed by atoms with Crippen LogP contribution in [0.2, 0.25) is 0 Å². The summed E-state index contributed by atoms with van der Waals surface area (Å²) in [7, 11) is 1.59. The van der Waals surface area contributed by atoms with E-state index in [0.717, 1.165) is 31.4 Å². The summed E-state index contributed by atoms with van der Waals surface area (Å²) in [6.45, 7) is -0.0206. The number of esters is 1. The van der Waals surface area contributed by atoms with Crippen LogP contribution in [-0.2, 0) is 14.3 Å². The normalized spacial score (nSPS) is 14.7. The van der Waals surface area contributed by atoms with E-state index in [9.17, 15) is 9.59 Å². The summed E-state index contributed by atoms with van der Waals surface area (Å²) in [5.41, 5.74) is 0. The van der Waals surface area contributed by atoms with E-state index >= 15 is 0 Å². The van der Waals surface area contributed by atoms with Gasteiger partial charge in [-0.2, -0.15) is 0 Å². The van der Waals surface area contributed by atoms with Crippen molar-refractivity contribution in [3.63, 3.8) is 0 Å². The molecule has 0 bridgehead atoms. The molecule has 1 aliphatic carbocycles. The van der Waals surface area contributed by atoms with Gasteiger partial charge in [0.1, 0.15) is 11.5 Å². The molecule has 6 nitrogen and oxygen atoms in total. The van der Waals surface area contributed by atoms with Crippen molar-refractivity contribution in [3.05, 3.63) is 24.3 Å². The molecule has 0 saturated heterocycles. The van der Waals surface area contributed by atoms with Gasteiger partial charge in [0, 0.05) is 6.04 Å². The van der Waals surface area contributed by atoms with E-state index in [4.69, 9.17) is 14.2 Å². The van der Waals surface area contributed by atoms with E-state index in [1.165, 1.54) is 6.42 Å². The average molecular weight is 335 g/mol. The van der Waals surface area contributed by atoms with Crippen molar-refractivity contribution in [3.8, 4) is 11.5 Å². The molecule has 0 aliphatic heterocycles. The Hall–Kier alpha value is -2.24. The molecule has 1 saturated carbocycles. The van der Waals surface area contributed by atoms with Crippen LogP contribution in [0.1, 0.15) is 38.5 Å². The molecule has 6 heteroatoms. The summed E-state index contributed by atoms with van der Waals surface area (Å²) in [5.74, 6) is 0.720. The van der Waals surface area contributed by atoms with E-state index in [0.29, 0.717) is 5.75 Å². The van der Waals surface area contributed by atoms with Gasteiger partial charge in [-0.3, -0.25) is 9.59 Å². The maximum absolute atomic E-state index is 11.7. The lowest BCUT2D eigenvalue weighted by molar-refractivity contribution is -0.149. The first-order valence-electron chi connectivity index (χ1n) is 8.39. The summed E-state index contributed by atoms with van der Waals surface area (Å²) >= 11 is 0. The minimum atomic E-state index is -0.442. The van der Waals surface area contributed by atoms with Gasteiger partial charge in [0.25, 0.3) is 5.91 Å². The molecule has 1 aliphatic rings. The van der Waals surface area contributed by atoms with Crippen molar-refractivity contribution >= 4 is 11.9 Å². The predicted molar refractivity (Wildman–Crippen MR) is 89.1 cm³/mol. The third-order valence-electron chi connectivity index (χ3n) is 3.97. The van der Waals surface area contributed by atoms with Gasteiger partial charge in [0.15, 0.2) is 6.61 Å². The van der Waals surface area contributed by atoms with Crippen molar-refractivity contribution in [2.75, 3.05) is 20.3 Å². The summed E-state index contributed by atoms with van der Waals surface area (Å²) in [6.07, 6.45) is 5.64. The van der Waals surface area contributed by atoms with Gasteiger partial charge in [0.2, 0.25) is 0 Å². The van der Waals surface area contributed by atoms with Crippen molar-refractivity contribution in [2.24, 2.45) is 0 Å². The summed E-state index contributed by atoms with van der Waals surface area (Å²) in [6, 6.07) is 7.32. The van der Waals surface area contributed by atoms with E-state index < -0.39 is 5.97 Å². The third-order valence-corrected chi connectivity index (χ3v) is 3.97. The van der Waals surface area contributed by atoms with Crippen LogP contribution in [0.4, 0.5) is 0 Å². The Balaban J connectivity index is 1.57. The largest absolute Gasteiger partial charge is 0.497 e. The first-order valence-corrected chi connectivity index (χ1v) is 8.39. The number of carbonyl (C=O) groups is 2. The molecule has 1 fully saturated rings. The molecular formula is C18H25NO5. The van der Waals surface area contributed by atoms with E-state index in [2.05, 4.69) is 5.32 Å². The Morgan fingerprint density at radius 3 is 2.42 bits per heavy atom. The number of hydrogen-bond donors (Lipinski definition) is 1. The molecule has 0 atom stereocenters. The van der Waals surface area contributed by atoms with Gasteiger partial charge in [0.05, 0.1) is 20.1 Å². The molecule has 2 rings (SSSR count). The van der Waals surface area contributed by atoms with Crippen molar-refractivity contribution in [1.29, 1.82) is 0 Å². The monoisotopic (exact) mass is 335 g/mol. The highest BCUT2D eigenvalue weighted by Gasteiger charge is 2.16. The SMILES string of the molecule is COc1ccc(OCCC(=O)OCC(=O)NC2CCCCC2)cc1. The van der Waals surface area contributed by atoms with Crippen LogP contribution in [-0.4, -0.2) is 38.2 Å². The fourth-order valence-corrected chi connectivity index (χ4v) is 2.66. The molecule has 0 aromatic heterocycles. The van der Waals surface area contributed by atoms with E-state index in [-0.39, 0.29) is 31.6 Å². The van der Waals surface area contributed by atoms with Gasteiger partial charge >= 0.3 is 5.97 Å². The minimum Gasteiger partial charge on any atom is -0.497 e. The number of benzene rings is 1. The Kier molecular flexibility index (Phi) is 7.39. The number of ether oxygens (including phenoxy) is 3. The van der Waals surface area contributed by atoms with Crippen LogP contribution in [0.3, 0.4) is 0 Å². The van der Waals surface area contributed by atoms with Crippen molar-refractivity contribution in [2.45, 2.75) is 44.6 Å². The van der Waals surface area contributed by atoms with Gasteiger partial charge in [-0.25, -0.2) is 0 Å². The molecule has 0 heterocycles. The van der Waals surface area contributed by atoms with Crippen LogP contribution in [0, 0.1) is 0 Å².